The SMILES string of the molecule is COc1cc2c(cc1Oc1ccc(-c3ccc(CCC(=O)O)cc3)c(F)c1)[C@@](I)(CC(=O)Nc1nccs1)NCC2. The summed E-state index contributed by atoms with van der Waals surface area (Å²) >= 11 is 3.62. The van der Waals surface area contributed by atoms with Crippen LogP contribution in [0, 0.1) is 5.82 Å². The van der Waals surface area contributed by atoms with Crippen molar-refractivity contribution in [3.63, 3.8) is 0 Å². The number of methoxy groups -OCH3 is 1. The van der Waals surface area contributed by atoms with Crippen molar-refractivity contribution < 1.29 is 28.6 Å². The number of hydrogen-bond donors (Lipinski definition) is 3. The van der Waals surface area contributed by atoms with E-state index in [0.29, 0.717) is 46.5 Å². The smallest absolute Gasteiger partial charge is 0.303 e. The summed E-state index contributed by atoms with van der Waals surface area (Å²) in [6.45, 7) is 0.692. The Morgan fingerprint density at radius 2 is 1.98 bits per heavy atom. The number of carbonyl (C=O) groups excluding carboxylic acids is 1. The Bertz CT molecular complexity index is 1570. The number of thiazole rings is 1. The van der Waals surface area contributed by atoms with Gasteiger partial charge in [-0.3, -0.25) is 14.9 Å². The van der Waals surface area contributed by atoms with Crippen LogP contribution in [-0.2, 0) is 26.0 Å². The highest BCUT2D eigenvalue weighted by Crippen LogP contribution is 2.44. The van der Waals surface area contributed by atoms with Gasteiger partial charge < -0.3 is 19.9 Å². The third kappa shape index (κ3) is 6.85. The number of carboxylic acid groups (broad SMARTS) is 1. The van der Waals surface area contributed by atoms with E-state index in [-0.39, 0.29) is 18.7 Å². The number of aromatic nitrogens is 1. The zero-order valence-electron chi connectivity index (χ0n) is 22.1. The molecule has 1 amide bonds. The Morgan fingerprint density at radius 3 is 2.66 bits per heavy atom. The van der Waals surface area contributed by atoms with E-state index in [1.165, 1.54) is 17.4 Å². The van der Waals surface area contributed by atoms with Gasteiger partial charge in [0.2, 0.25) is 5.91 Å². The fourth-order valence-electron chi connectivity index (χ4n) is 4.76. The molecule has 0 unspecified atom stereocenters. The van der Waals surface area contributed by atoms with Crippen molar-refractivity contribution >= 4 is 50.9 Å². The summed E-state index contributed by atoms with van der Waals surface area (Å²) < 4.78 is 26.3. The lowest BCUT2D eigenvalue weighted by molar-refractivity contribution is -0.137. The van der Waals surface area contributed by atoms with E-state index in [9.17, 15) is 9.59 Å². The summed E-state index contributed by atoms with van der Waals surface area (Å²) in [6.07, 6.45) is 3.02. The maximum Gasteiger partial charge on any atom is 0.303 e. The lowest BCUT2D eigenvalue weighted by atomic mass is 9.91. The van der Waals surface area contributed by atoms with E-state index in [2.05, 4.69) is 38.2 Å². The zero-order chi connectivity index (χ0) is 29.0. The average molecular weight is 688 g/mol. The fourth-order valence-corrected chi connectivity index (χ4v) is 6.42. The summed E-state index contributed by atoms with van der Waals surface area (Å²) in [5.41, 5.74) is 3.89. The van der Waals surface area contributed by atoms with Gasteiger partial charge in [-0.2, -0.15) is 0 Å². The van der Waals surface area contributed by atoms with Crippen LogP contribution in [0.2, 0.25) is 0 Å². The van der Waals surface area contributed by atoms with Gasteiger partial charge in [-0.05, 0) is 59.4 Å². The molecule has 3 aromatic carbocycles. The van der Waals surface area contributed by atoms with Gasteiger partial charge in [-0.1, -0.05) is 46.9 Å². The number of hydrogen-bond acceptors (Lipinski definition) is 7. The number of carbonyl (C=O) groups is 2. The number of fused-ring (bicyclic) bond motifs is 1. The second-order valence-corrected chi connectivity index (χ2v) is 12.3. The molecule has 41 heavy (non-hydrogen) atoms. The van der Waals surface area contributed by atoms with Crippen LogP contribution in [0.25, 0.3) is 11.1 Å². The minimum Gasteiger partial charge on any atom is -0.493 e. The van der Waals surface area contributed by atoms with E-state index < -0.39 is 15.3 Å². The number of nitrogens with one attached hydrogen (secondary N) is 2. The van der Waals surface area contributed by atoms with Crippen molar-refractivity contribution in [3.05, 3.63) is 88.7 Å². The molecule has 0 radical (unpaired) electrons. The highest BCUT2D eigenvalue weighted by Gasteiger charge is 2.37. The van der Waals surface area contributed by atoms with Crippen molar-refractivity contribution in [3.8, 4) is 28.4 Å². The van der Waals surface area contributed by atoms with Gasteiger partial charge in [-0.15, -0.1) is 11.3 Å². The molecule has 1 aromatic heterocycles. The van der Waals surface area contributed by atoms with Gasteiger partial charge >= 0.3 is 5.97 Å². The second-order valence-electron chi connectivity index (χ2n) is 9.53. The quantitative estimate of drug-likeness (QED) is 0.0989. The number of aliphatic carboxylic acids is 1. The largest absolute Gasteiger partial charge is 0.493 e. The number of anilines is 1. The van der Waals surface area contributed by atoms with Crippen LogP contribution >= 0.6 is 33.9 Å². The van der Waals surface area contributed by atoms with Crippen LogP contribution in [0.15, 0.2) is 66.2 Å². The lowest BCUT2D eigenvalue weighted by Crippen LogP contribution is -2.44. The molecule has 1 atom stereocenters. The summed E-state index contributed by atoms with van der Waals surface area (Å²) in [5.74, 6) is -0.262. The Morgan fingerprint density at radius 1 is 1.17 bits per heavy atom. The predicted octanol–water partition coefficient (Wildman–Crippen LogP) is 6.53. The third-order valence-electron chi connectivity index (χ3n) is 6.76. The highest BCUT2D eigenvalue weighted by atomic mass is 127. The molecule has 8 nitrogen and oxygen atoms in total. The van der Waals surface area contributed by atoms with E-state index in [1.807, 2.05) is 24.3 Å². The van der Waals surface area contributed by atoms with Crippen LogP contribution in [0.5, 0.6) is 17.2 Å². The van der Waals surface area contributed by atoms with Crippen LogP contribution in [0.4, 0.5) is 9.52 Å². The van der Waals surface area contributed by atoms with Crippen molar-refractivity contribution in [1.82, 2.24) is 10.3 Å². The zero-order valence-corrected chi connectivity index (χ0v) is 25.1. The summed E-state index contributed by atoms with van der Waals surface area (Å²) in [5, 5.41) is 17.5. The first-order valence-electron chi connectivity index (χ1n) is 12.9. The number of nitrogens with zero attached hydrogens (tertiary/aromatic N) is 1. The summed E-state index contributed by atoms with van der Waals surface area (Å²) in [7, 11) is 1.55. The van der Waals surface area contributed by atoms with E-state index in [4.69, 9.17) is 14.6 Å². The second kappa shape index (κ2) is 12.5. The Kier molecular flexibility index (Phi) is 8.85. The number of aryl methyl sites for hydroxylation is 1. The van der Waals surface area contributed by atoms with Crippen molar-refractivity contribution in [2.45, 2.75) is 29.2 Å². The highest BCUT2D eigenvalue weighted by molar-refractivity contribution is 14.1. The molecule has 1 aliphatic heterocycles. The molecule has 3 N–H and O–H groups in total. The normalized spacial score (nSPS) is 16.1. The average Bonchev–Trinajstić information content (AvgIpc) is 3.45. The van der Waals surface area contributed by atoms with Gasteiger partial charge in [0, 0.05) is 36.2 Å². The molecular weight excluding hydrogens is 660 g/mol. The number of halogens is 2. The standard InChI is InChI=1S/C30H27FIN3O5S/c1-39-25-14-20-10-11-34-30(32,17-27(36)35-29-33-12-13-41-29)23(20)16-26(25)40-21-7-8-22(24(31)15-21)19-5-2-18(3-6-19)4-9-28(37)38/h2-3,5-8,12-16,34H,4,9-11,17H2,1H3,(H,37,38)(H,33,35,36)/t30-/m1/s1. The van der Waals surface area contributed by atoms with Crippen LogP contribution in [0.1, 0.15) is 29.5 Å². The van der Waals surface area contributed by atoms with Crippen LogP contribution in [-0.4, -0.2) is 35.6 Å². The molecule has 0 saturated heterocycles. The number of rotatable bonds is 10. The fraction of sp³-hybridized carbons (Fsp3) is 0.233. The predicted molar refractivity (Wildman–Crippen MR) is 164 cm³/mol. The number of carboxylic acids is 1. The maximum atomic E-state index is 15.2. The molecule has 5 rings (SSSR count). The first kappa shape index (κ1) is 29.0. The summed E-state index contributed by atoms with van der Waals surface area (Å²) in [4.78, 5) is 27.8. The molecule has 0 bridgehead atoms. The first-order chi connectivity index (χ1) is 19.7. The molecule has 2 heterocycles. The minimum atomic E-state index is -0.857. The Hall–Kier alpha value is -3.55. The van der Waals surface area contributed by atoms with E-state index in [1.54, 1.807) is 43.0 Å². The molecule has 0 spiro atoms. The van der Waals surface area contributed by atoms with E-state index >= 15 is 4.39 Å². The topological polar surface area (TPSA) is 110 Å². The molecule has 4 aromatic rings. The van der Waals surface area contributed by atoms with Crippen molar-refractivity contribution in [1.29, 1.82) is 0 Å². The summed E-state index contributed by atoms with van der Waals surface area (Å²) in [6, 6.07) is 15.6. The maximum absolute atomic E-state index is 15.2. The Balaban J connectivity index is 1.37. The monoisotopic (exact) mass is 687 g/mol. The van der Waals surface area contributed by atoms with Crippen molar-refractivity contribution in [2.75, 3.05) is 19.0 Å². The Labute approximate surface area is 254 Å². The number of alkyl halides is 1. The molecule has 0 aliphatic carbocycles. The molecule has 0 fully saturated rings. The van der Waals surface area contributed by atoms with Gasteiger partial charge in [0.15, 0.2) is 16.6 Å². The molecule has 0 saturated carbocycles. The lowest BCUT2D eigenvalue weighted by Gasteiger charge is -2.35. The molecular formula is C30H27FIN3O5S. The molecule has 11 heteroatoms. The number of amides is 1. The van der Waals surface area contributed by atoms with Crippen LogP contribution < -0.4 is 20.1 Å². The van der Waals surface area contributed by atoms with Crippen molar-refractivity contribution in [2.24, 2.45) is 0 Å². The third-order valence-corrected chi connectivity index (χ3v) is 8.79. The minimum absolute atomic E-state index is 0.0421. The molecule has 1 aliphatic rings. The van der Waals surface area contributed by atoms with Gasteiger partial charge in [0.1, 0.15) is 15.1 Å². The number of ether oxygens (including phenoxy) is 2. The van der Waals surface area contributed by atoms with Gasteiger partial charge in [0.25, 0.3) is 0 Å². The van der Waals surface area contributed by atoms with Gasteiger partial charge in [-0.25, -0.2) is 9.37 Å². The first-order valence-corrected chi connectivity index (χ1v) is 14.8. The molecule has 212 valence electrons. The van der Waals surface area contributed by atoms with E-state index in [0.717, 1.165) is 23.1 Å². The van der Waals surface area contributed by atoms with Gasteiger partial charge in [0.05, 0.1) is 13.5 Å². The number of benzene rings is 3. The van der Waals surface area contributed by atoms with Crippen LogP contribution in [0.3, 0.4) is 0 Å².